The van der Waals surface area contributed by atoms with Gasteiger partial charge in [0.1, 0.15) is 5.15 Å². The van der Waals surface area contributed by atoms with Crippen LogP contribution < -0.4 is 0 Å². The molecule has 1 aliphatic carbocycles. The van der Waals surface area contributed by atoms with Crippen LogP contribution in [0.1, 0.15) is 17.7 Å². The molecule has 0 fully saturated rings. The van der Waals surface area contributed by atoms with Gasteiger partial charge in [-0.1, -0.05) is 54.1 Å². The van der Waals surface area contributed by atoms with E-state index in [-0.39, 0.29) is 0 Å². The molecule has 0 N–H and O–H groups in total. The first-order valence-corrected chi connectivity index (χ1v) is 6.01. The van der Waals surface area contributed by atoms with Crippen molar-refractivity contribution in [2.75, 3.05) is 0 Å². The summed E-state index contributed by atoms with van der Waals surface area (Å²) >= 11 is 6.19. The SMILES string of the molecule is Clc1nc(-c2ccccc2)nc2c1C=CCC2. The van der Waals surface area contributed by atoms with E-state index in [4.69, 9.17) is 11.6 Å². The largest absolute Gasteiger partial charge is 0.232 e. The molecule has 1 aliphatic rings. The first kappa shape index (κ1) is 10.5. The molecule has 0 atom stereocenters. The van der Waals surface area contributed by atoms with Gasteiger partial charge in [0.25, 0.3) is 0 Å². The Kier molecular flexibility index (Phi) is 2.65. The van der Waals surface area contributed by atoms with Gasteiger partial charge in [0.2, 0.25) is 0 Å². The lowest BCUT2D eigenvalue weighted by Gasteiger charge is -2.12. The van der Waals surface area contributed by atoms with Crippen LogP contribution in [-0.2, 0) is 6.42 Å². The summed E-state index contributed by atoms with van der Waals surface area (Å²) in [4.78, 5) is 8.96. The molecule has 3 heteroatoms. The van der Waals surface area contributed by atoms with Crippen LogP contribution in [-0.4, -0.2) is 9.97 Å². The van der Waals surface area contributed by atoms with E-state index in [2.05, 4.69) is 16.0 Å². The Morgan fingerprint density at radius 2 is 1.88 bits per heavy atom. The monoisotopic (exact) mass is 242 g/mol. The molecule has 0 spiro atoms. The standard InChI is InChI=1S/C14H11ClN2/c15-13-11-8-4-5-9-12(11)16-14(17-13)10-6-2-1-3-7-10/h1-4,6-8H,5,9H2. The summed E-state index contributed by atoms with van der Waals surface area (Å²) in [6.07, 6.45) is 6.08. The molecule has 0 unspecified atom stereocenters. The summed E-state index contributed by atoms with van der Waals surface area (Å²) in [5.74, 6) is 0.713. The number of hydrogen-bond acceptors (Lipinski definition) is 2. The topological polar surface area (TPSA) is 25.8 Å². The predicted molar refractivity (Wildman–Crippen MR) is 69.8 cm³/mol. The van der Waals surface area contributed by atoms with Crippen LogP contribution in [0, 0.1) is 0 Å². The molecule has 0 saturated carbocycles. The van der Waals surface area contributed by atoms with Crippen LogP contribution in [0.4, 0.5) is 0 Å². The highest BCUT2D eigenvalue weighted by Crippen LogP contribution is 2.26. The maximum absolute atomic E-state index is 6.19. The Labute approximate surface area is 105 Å². The van der Waals surface area contributed by atoms with E-state index in [1.165, 1.54) is 0 Å². The average Bonchev–Trinajstić information content (AvgIpc) is 2.40. The molecule has 2 aromatic rings. The van der Waals surface area contributed by atoms with Gasteiger partial charge in [-0.05, 0) is 12.8 Å². The van der Waals surface area contributed by atoms with E-state index in [0.717, 1.165) is 29.7 Å². The van der Waals surface area contributed by atoms with Gasteiger partial charge >= 0.3 is 0 Å². The Balaban J connectivity index is 2.15. The number of rotatable bonds is 1. The first-order chi connectivity index (χ1) is 8.34. The summed E-state index contributed by atoms with van der Waals surface area (Å²) < 4.78 is 0. The van der Waals surface area contributed by atoms with E-state index >= 15 is 0 Å². The van der Waals surface area contributed by atoms with Gasteiger partial charge in [0.05, 0.1) is 5.69 Å². The number of fused-ring (bicyclic) bond motifs is 1. The number of aryl methyl sites for hydroxylation is 1. The summed E-state index contributed by atoms with van der Waals surface area (Å²) in [7, 11) is 0. The summed E-state index contributed by atoms with van der Waals surface area (Å²) in [6, 6.07) is 9.93. The Hall–Kier alpha value is -1.67. The van der Waals surface area contributed by atoms with Crippen LogP contribution in [0.15, 0.2) is 36.4 Å². The molecule has 2 nitrogen and oxygen atoms in total. The molecule has 1 aromatic heterocycles. The number of benzene rings is 1. The number of hydrogen-bond donors (Lipinski definition) is 0. The van der Waals surface area contributed by atoms with Gasteiger partial charge in [0, 0.05) is 11.1 Å². The van der Waals surface area contributed by atoms with Crippen molar-refractivity contribution < 1.29 is 0 Å². The quantitative estimate of drug-likeness (QED) is 0.712. The maximum atomic E-state index is 6.19. The molecule has 0 bridgehead atoms. The highest BCUT2D eigenvalue weighted by Gasteiger charge is 2.13. The summed E-state index contributed by atoms with van der Waals surface area (Å²) in [5, 5.41) is 0.546. The van der Waals surface area contributed by atoms with E-state index in [9.17, 15) is 0 Å². The van der Waals surface area contributed by atoms with E-state index < -0.39 is 0 Å². The number of aromatic nitrogens is 2. The third-order valence-corrected chi connectivity index (χ3v) is 3.13. The number of nitrogens with zero attached hydrogens (tertiary/aromatic N) is 2. The highest BCUT2D eigenvalue weighted by molar-refractivity contribution is 6.31. The molecular weight excluding hydrogens is 232 g/mol. The van der Waals surface area contributed by atoms with Crippen molar-refractivity contribution in [2.45, 2.75) is 12.8 Å². The van der Waals surface area contributed by atoms with Crippen LogP contribution in [0.5, 0.6) is 0 Å². The Morgan fingerprint density at radius 3 is 2.71 bits per heavy atom. The lowest BCUT2D eigenvalue weighted by atomic mass is 10.0. The van der Waals surface area contributed by atoms with Crippen molar-refractivity contribution in [2.24, 2.45) is 0 Å². The predicted octanol–water partition coefficient (Wildman–Crippen LogP) is 3.76. The first-order valence-electron chi connectivity index (χ1n) is 5.63. The van der Waals surface area contributed by atoms with Gasteiger partial charge in [-0.2, -0.15) is 0 Å². The molecule has 0 amide bonds. The number of halogens is 1. The van der Waals surface area contributed by atoms with Crippen molar-refractivity contribution in [3.05, 3.63) is 52.8 Å². The van der Waals surface area contributed by atoms with Crippen LogP contribution in [0.2, 0.25) is 5.15 Å². The normalized spacial score (nSPS) is 13.5. The minimum atomic E-state index is 0.546. The van der Waals surface area contributed by atoms with Gasteiger partial charge in [-0.15, -0.1) is 0 Å². The van der Waals surface area contributed by atoms with E-state index in [1.54, 1.807) is 0 Å². The second-order valence-electron chi connectivity index (χ2n) is 4.01. The highest BCUT2D eigenvalue weighted by atomic mass is 35.5. The third kappa shape index (κ3) is 1.96. The molecule has 1 aromatic carbocycles. The fraction of sp³-hybridized carbons (Fsp3) is 0.143. The molecule has 0 saturated heterocycles. The molecule has 0 aliphatic heterocycles. The molecular formula is C14H11ClN2. The lowest BCUT2D eigenvalue weighted by molar-refractivity contribution is 0.913. The fourth-order valence-corrected chi connectivity index (χ4v) is 2.23. The van der Waals surface area contributed by atoms with Crippen molar-refractivity contribution in [3.8, 4) is 11.4 Å². The number of allylic oxidation sites excluding steroid dienone is 1. The third-order valence-electron chi connectivity index (χ3n) is 2.84. The smallest absolute Gasteiger partial charge is 0.161 e. The zero-order chi connectivity index (χ0) is 11.7. The van der Waals surface area contributed by atoms with E-state index in [1.807, 2.05) is 36.4 Å². The fourth-order valence-electron chi connectivity index (χ4n) is 1.98. The zero-order valence-electron chi connectivity index (χ0n) is 9.23. The lowest BCUT2D eigenvalue weighted by Crippen LogP contribution is -2.03. The van der Waals surface area contributed by atoms with Gasteiger partial charge in [-0.25, -0.2) is 9.97 Å². The van der Waals surface area contributed by atoms with Crippen molar-refractivity contribution >= 4 is 17.7 Å². The summed E-state index contributed by atoms with van der Waals surface area (Å²) in [5.41, 5.74) is 3.02. The van der Waals surface area contributed by atoms with E-state index in [0.29, 0.717) is 11.0 Å². The summed E-state index contributed by atoms with van der Waals surface area (Å²) in [6.45, 7) is 0. The molecule has 3 rings (SSSR count). The van der Waals surface area contributed by atoms with Gasteiger partial charge in [0.15, 0.2) is 5.82 Å². The maximum Gasteiger partial charge on any atom is 0.161 e. The minimum Gasteiger partial charge on any atom is -0.232 e. The molecule has 84 valence electrons. The second-order valence-corrected chi connectivity index (χ2v) is 4.36. The molecule has 0 radical (unpaired) electrons. The van der Waals surface area contributed by atoms with Gasteiger partial charge in [-0.3, -0.25) is 0 Å². The van der Waals surface area contributed by atoms with Gasteiger partial charge < -0.3 is 0 Å². The second kappa shape index (κ2) is 4.30. The van der Waals surface area contributed by atoms with Crippen LogP contribution >= 0.6 is 11.6 Å². The Morgan fingerprint density at radius 1 is 1.06 bits per heavy atom. The van der Waals surface area contributed by atoms with Crippen molar-refractivity contribution in [3.63, 3.8) is 0 Å². The Bertz CT molecular complexity index is 576. The van der Waals surface area contributed by atoms with Crippen LogP contribution in [0.3, 0.4) is 0 Å². The minimum absolute atomic E-state index is 0.546. The zero-order valence-corrected chi connectivity index (χ0v) is 9.98. The van der Waals surface area contributed by atoms with Crippen LogP contribution in [0.25, 0.3) is 17.5 Å². The molecule has 1 heterocycles. The van der Waals surface area contributed by atoms with Crippen molar-refractivity contribution in [1.29, 1.82) is 0 Å². The van der Waals surface area contributed by atoms with Crippen molar-refractivity contribution in [1.82, 2.24) is 9.97 Å². The molecule has 17 heavy (non-hydrogen) atoms. The average molecular weight is 243 g/mol.